The van der Waals surface area contributed by atoms with Gasteiger partial charge in [-0.2, -0.15) is 0 Å². The smallest absolute Gasteiger partial charge is 0.234 e. The number of aromatic nitrogens is 1. The lowest BCUT2D eigenvalue weighted by atomic mass is 9.53. The quantitative estimate of drug-likeness (QED) is 0.695. The van der Waals surface area contributed by atoms with Crippen LogP contribution in [0.25, 0.3) is 0 Å². The van der Waals surface area contributed by atoms with Gasteiger partial charge in [-0.25, -0.2) is 4.98 Å². The third-order valence-corrected chi connectivity index (χ3v) is 6.54. The summed E-state index contributed by atoms with van der Waals surface area (Å²) in [7, 11) is 3.90. The molecule has 1 saturated carbocycles. The van der Waals surface area contributed by atoms with Crippen molar-refractivity contribution in [3.8, 4) is 0 Å². The molecule has 152 valence electrons. The van der Waals surface area contributed by atoms with E-state index in [2.05, 4.69) is 20.9 Å². The second-order valence-electron chi connectivity index (χ2n) is 8.62. The highest BCUT2D eigenvalue weighted by atomic mass is 16.5. The third kappa shape index (κ3) is 2.95. The van der Waals surface area contributed by atoms with Gasteiger partial charge in [-0.3, -0.25) is 9.59 Å². The number of pyridine rings is 1. The van der Waals surface area contributed by atoms with Crippen molar-refractivity contribution in [1.29, 1.82) is 0 Å². The van der Waals surface area contributed by atoms with Gasteiger partial charge in [0.25, 0.3) is 0 Å². The van der Waals surface area contributed by atoms with Crippen LogP contribution in [0, 0.1) is 5.41 Å². The molecule has 1 aromatic heterocycles. The number of rotatable bonds is 5. The number of nitrogens with zero attached hydrogens (tertiary/aromatic N) is 2. The number of hydrogen-bond acceptors (Lipinski definition) is 6. The fourth-order valence-electron chi connectivity index (χ4n) is 5.14. The molecule has 0 unspecified atom stereocenters. The van der Waals surface area contributed by atoms with Crippen molar-refractivity contribution in [3.05, 3.63) is 18.3 Å². The summed E-state index contributed by atoms with van der Waals surface area (Å²) in [5, 5.41) is 9.27. The van der Waals surface area contributed by atoms with Gasteiger partial charge in [0.15, 0.2) is 0 Å². The number of nitrogens with one attached hydrogen (secondary N) is 3. The Bertz CT molecular complexity index is 765. The normalized spacial score (nSPS) is 29.8. The van der Waals surface area contributed by atoms with Crippen LogP contribution in [0.1, 0.15) is 32.6 Å². The Morgan fingerprint density at radius 2 is 1.96 bits per heavy atom. The van der Waals surface area contributed by atoms with Crippen molar-refractivity contribution in [1.82, 2.24) is 15.6 Å². The molecule has 4 fully saturated rings. The summed E-state index contributed by atoms with van der Waals surface area (Å²) in [4.78, 5) is 31.1. The minimum Gasteiger partial charge on any atom is -0.376 e. The van der Waals surface area contributed by atoms with Crippen LogP contribution in [0.3, 0.4) is 0 Å². The van der Waals surface area contributed by atoms with Crippen LogP contribution in [0.15, 0.2) is 18.3 Å². The monoisotopic (exact) mass is 387 g/mol. The molecule has 3 N–H and O–H groups in total. The number of carbonyl (C=O) groups excluding carboxylic acids is 2. The van der Waals surface area contributed by atoms with Gasteiger partial charge in [-0.15, -0.1) is 0 Å². The molecule has 1 aliphatic carbocycles. The van der Waals surface area contributed by atoms with Crippen LogP contribution in [0.2, 0.25) is 0 Å². The minimum absolute atomic E-state index is 0.0181. The fraction of sp³-hybridized carbons (Fsp3) is 0.650. The van der Waals surface area contributed by atoms with Gasteiger partial charge in [0.05, 0.1) is 28.5 Å². The van der Waals surface area contributed by atoms with Gasteiger partial charge in [-0.05, 0) is 50.9 Å². The Labute approximate surface area is 165 Å². The first kappa shape index (κ1) is 19.1. The second-order valence-corrected chi connectivity index (χ2v) is 8.62. The SMILES string of the molecule is CC(=O)NCC12CC(C(=O)Nc3ccc(N(C)C)cn3)(C1)C1(CCNCC1)O2. The predicted octanol–water partition coefficient (Wildman–Crippen LogP) is 0.894. The van der Waals surface area contributed by atoms with Crippen molar-refractivity contribution in [2.24, 2.45) is 5.41 Å². The van der Waals surface area contributed by atoms with Gasteiger partial charge < -0.3 is 25.6 Å². The number of ether oxygens (including phenoxy) is 1. The van der Waals surface area contributed by atoms with Gasteiger partial charge in [0.2, 0.25) is 11.8 Å². The topological polar surface area (TPSA) is 95.6 Å². The molecule has 1 spiro atoms. The molecule has 3 aliphatic heterocycles. The number of carbonyl (C=O) groups is 2. The highest BCUT2D eigenvalue weighted by Crippen LogP contribution is 2.69. The molecule has 0 aromatic carbocycles. The molecule has 0 radical (unpaired) electrons. The second kappa shape index (κ2) is 6.70. The maximum absolute atomic E-state index is 13.4. The molecule has 0 atom stereocenters. The van der Waals surface area contributed by atoms with E-state index in [1.165, 1.54) is 6.92 Å². The molecule has 3 saturated heterocycles. The van der Waals surface area contributed by atoms with Crippen molar-refractivity contribution in [2.75, 3.05) is 43.9 Å². The third-order valence-electron chi connectivity index (χ3n) is 6.54. The van der Waals surface area contributed by atoms with Gasteiger partial charge in [0.1, 0.15) is 5.82 Å². The van der Waals surface area contributed by atoms with Crippen molar-refractivity contribution >= 4 is 23.3 Å². The fourth-order valence-corrected chi connectivity index (χ4v) is 5.14. The predicted molar refractivity (Wildman–Crippen MR) is 106 cm³/mol. The standard InChI is InChI=1S/C20H29N5O3/c1-14(26)23-13-18-11-19(12-18,20(28-18)6-8-21-9-7-20)17(27)24-16-5-4-15(10-22-16)25(2)3/h4-5,10,21H,6-9,11-13H2,1-3H3,(H,23,26)(H,22,24,27). The van der Waals surface area contributed by atoms with Crippen molar-refractivity contribution < 1.29 is 14.3 Å². The molecule has 2 amide bonds. The van der Waals surface area contributed by atoms with E-state index in [0.717, 1.165) is 31.6 Å². The first-order valence-corrected chi connectivity index (χ1v) is 9.90. The average Bonchev–Trinajstić information content (AvgIpc) is 3.05. The molecule has 4 heterocycles. The van der Waals surface area contributed by atoms with E-state index in [9.17, 15) is 9.59 Å². The molecular weight excluding hydrogens is 358 g/mol. The van der Waals surface area contributed by atoms with Crippen LogP contribution < -0.4 is 20.9 Å². The lowest BCUT2D eigenvalue weighted by Crippen LogP contribution is -2.60. The lowest BCUT2D eigenvalue weighted by Gasteiger charge is -2.47. The number of piperidine rings is 1. The van der Waals surface area contributed by atoms with Crippen LogP contribution in [-0.2, 0) is 14.3 Å². The number of anilines is 2. The first-order valence-electron chi connectivity index (χ1n) is 9.90. The summed E-state index contributed by atoms with van der Waals surface area (Å²) in [5.41, 5.74) is -0.476. The Morgan fingerprint density at radius 3 is 2.54 bits per heavy atom. The first-order chi connectivity index (χ1) is 13.3. The molecule has 2 bridgehead atoms. The van der Waals surface area contributed by atoms with E-state index in [1.807, 2.05) is 31.1 Å². The Hall–Kier alpha value is -2.19. The molecule has 4 aliphatic rings. The highest BCUT2D eigenvalue weighted by Gasteiger charge is 2.77. The zero-order valence-electron chi connectivity index (χ0n) is 16.8. The van der Waals surface area contributed by atoms with E-state index >= 15 is 0 Å². The van der Waals surface area contributed by atoms with Crippen LogP contribution in [0.4, 0.5) is 11.5 Å². The van der Waals surface area contributed by atoms with Crippen molar-refractivity contribution in [2.45, 2.75) is 43.8 Å². The maximum Gasteiger partial charge on any atom is 0.234 e. The summed E-state index contributed by atoms with van der Waals surface area (Å²) in [5.74, 6) is 0.465. The molecule has 1 aromatic rings. The van der Waals surface area contributed by atoms with E-state index in [1.54, 1.807) is 6.20 Å². The number of hydrogen-bond donors (Lipinski definition) is 3. The van der Waals surface area contributed by atoms with E-state index in [4.69, 9.17) is 4.74 Å². The van der Waals surface area contributed by atoms with Gasteiger partial charge in [-0.1, -0.05) is 0 Å². The molecule has 8 nitrogen and oxygen atoms in total. The molecule has 8 heteroatoms. The summed E-state index contributed by atoms with van der Waals surface area (Å²) in [6.45, 7) is 3.64. The number of amides is 2. The summed E-state index contributed by atoms with van der Waals surface area (Å²) in [6, 6.07) is 3.77. The Balaban J connectivity index is 1.54. The zero-order chi connectivity index (χ0) is 20.0. The van der Waals surface area contributed by atoms with Crippen LogP contribution in [-0.4, -0.2) is 61.7 Å². The summed E-state index contributed by atoms with van der Waals surface area (Å²) < 4.78 is 6.57. The Morgan fingerprint density at radius 1 is 1.25 bits per heavy atom. The van der Waals surface area contributed by atoms with Gasteiger partial charge in [0, 0.05) is 27.6 Å². The van der Waals surface area contributed by atoms with Crippen molar-refractivity contribution in [3.63, 3.8) is 0 Å². The van der Waals surface area contributed by atoms with Crippen LogP contribution >= 0.6 is 0 Å². The summed E-state index contributed by atoms with van der Waals surface area (Å²) >= 11 is 0. The highest BCUT2D eigenvalue weighted by molar-refractivity contribution is 5.97. The zero-order valence-corrected chi connectivity index (χ0v) is 16.8. The van der Waals surface area contributed by atoms with E-state index < -0.39 is 16.6 Å². The summed E-state index contributed by atoms with van der Waals surface area (Å²) in [6.07, 6.45) is 4.63. The van der Waals surface area contributed by atoms with E-state index in [0.29, 0.717) is 25.2 Å². The molecule has 5 rings (SSSR count). The lowest BCUT2D eigenvalue weighted by molar-refractivity contribution is -0.135. The largest absolute Gasteiger partial charge is 0.376 e. The Kier molecular flexibility index (Phi) is 4.58. The molecular formula is C20H29N5O3. The average molecular weight is 387 g/mol. The van der Waals surface area contributed by atoms with E-state index in [-0.39, 0.29) is 11.8 Å². The van der Waals surface area contributed by atoms with Gasteiger partial charge >= 0.3 is 0 Å². The molecule has 28 heavy (non-hydrogen) atoms. The van der Waals surface area contributed by atoms with Crippen LogP contribution in [0.5, 0.6) is 0 Å². The maximum atomic E-state index is 13.4. The minimum atomic E-state index is -0.560.